The van der Waals surface area contributed by atoms with E-state index in [9.17, 15) is 4.39 Å². The standard InChI is InChI=1S/C7H2Cl2FN/c8-5-1-4(3-11)7(9)6(10)2-5/h1-2H. The number of nitriles is 1. The van der Waals surface area contributed by atoms with Gasteiger partial charge in [0.05, 0.1) is 10.6 Å². The van der Waals surface area contributed by atoms with Crippen LogP contribution >= 0.6 is 23.2 Å². The topological polar surface area (TPSA) is 23.8 Å². The van der Waals surface area contributed by atoms with Crippen molar-refractivity contribution >= 4 is 23.2 Å². The molecule has 1 rings (SSSR count). The fourth-order valence-corrected chi connectivity index (χ4v) is 0.994. The normalized spacial score (nSPS) is 9.27. The van der Waals surface area contributed by atoms with Crippen molar-refractivity contribution in [2.24, 2.45) is 0 Å². The number of benzene rings is 1. The summed E-state index contributed by atoms with van der Waals surface area (Å²) in [6.45, 7) is 0. The molecule has 1 nitrogen and oxygen atoms in total. The Kier molecular flexibility index (Phi) is 2.33. The lowest BCUT2D eigenvalue weighted by Gasteiger charge is -1.96. The summed E-state index contributed by atoms with van der Waals surface area (Å²) in [5.74, 6) is -0.671. The van der Waals surface area contributed by atoms with Crippen LogP contribution in [0.3, 0.4) is 0 Å². The molecule has 1 aromatic rings. The van der Waals surface area contributed by atoms with Crippen LogP contribution in [0.4, 0.5) is 4.39 Å². The van der Waals surface area contributed by atoms with Crippen LogP contribution in [0.15, 0.2) is 12.1 Å². The minimum absolute atomic E-state index is 0.0525. The molecular weight excluding hydrogens is 188 g/mol. The fourth-order valence-electron chi connectivity index (χ4n) is 0.637. The van der Waals surface area contributed by atoms with Gasteiger partial charge in [-0.15, -0.1) is 0 Å². The lowest BCUT2D eigenvalue weighted by atomic mass is 10.2. The molecule has 0 atom stereocenters. The minimum Gasteiger partial charge on any atom is -0.205 e. The van der Waals surface area contributed by atoms with Crippen LogP contribution in [0.1, 0.15) is 5.56 Å². The van der Waals surface area contributed by atoms with Gasteiger partial charge in [-0.2, -0.15) is 5.26 Å². The fraction of sp³-hybridized carbons (Fsp3) is 0. The Labute approximate surface area is 73.0 Å². The van der Waals surface area contributed by atoms with Crippen molar-refractivity contribution < 1.29 is 4.39 Å². The number of rotatable bonds is 0. The molecule has 0 spiro atoms. The maximum absolute atomic E-state index is 12.7. The zero-order valence-corrected chi connectivity index (χ0v) is 6.75. The lowest BCUT2D eigenvalue weighted by molar-refractivity contribution is 0.628. The smallest absolute Gasteiger partial charge is 0.144 e. The van der Waals surface area contributed by atoms with Gasteiger partial charge in [-0.05, 0) is 12.1 Å². The minimum atomic E-state index is -0.671. The summed E-state index contributed by atoms with van der Waals surface area (Å²) in [5, 5.41) is 8.39. The molecule has 0 aliphatic heterocycles. The molecule has 0 fully saturated rings. The summed E-state index contributed by atoms with van der Waals surface area (Å²) in [7, 11) is 0. The van der Waals surface area contributed by atoms with E-state index in [1.165, 1.54) is 6.07 Å². The average Bonchev–Trinajstić information content (AvgIpc) is 1.96. The molecule has 0 aliphatic carbocycles. The molecule has 1 aromatic carbocycles. The molecule has 0 unspecified atom stereocenters. The van der Waals surface area contributed by atoms with Crippen molar-refractivity contribution in [3.05, 3.63) is 33.6 Å². The van der Waals surface area contributed by atoms with Crippen LogP contribution in [-0.2, 0) is 0 Å². The largest absolute Gasteiger partial charge is 0.205 e. The van der Waals surface area contributed by atoms with E-state index >= 15 is 0 Å². The van der Waals surface area contributed by atoms with Gasteiger partial charge in [0.25, 0.3) is 0 Å². The third-order valence-corrected chi connectivity index (χ3v) is 1.72. The first kappa shape index (κ1) is 8.32. The zero-order chi connectivity index (χ0) is 8.43. The molecule has 0 bridgehead atoms. The zero-order valence-electron chi connectivity index (χ0n) is 5.24. The Balaban J connectivity index is 3.39. The van der Waals surface area contributed by atoms with E-state index in [4.69, 9.17) is 28.5 Å². The van der Waals surface area contributed by atoms with Crippen LogP contribution in [-0.4, -0.2) is 0 Å². The van der Waals surface area contributed by atoms with E-state index in [2.05, 4.69) is 0 Å². The molecule has 0 saturated carbocycles. The van der Waals surface area contributed by atoms with Gasteiger partial charge in [-0.1, -0.05) is 23.2 Å². The highest BCUT2D eigenvalue weighted by Crippen LogP contribution is 2.23. The third kappa shape index (κ3) is 1.62. The van der Waals surface area contributed by atoms with Crippen molar-refractivity contribution in [3.63, 3.8) is 0 Å². The highest BCUT2D eigenvalue weighted by atomic mass is 35.5. The van der Waals surface area contributed by atoms with Gasteiger partial charge in [0.2, 0.25) is 0 Å². The van der Waals surface area contributed by atoms with Crippen LogP contribution in [0.2, 0.25) is 10.0 Å². The first-order valence-electron chi connectivity index (χ1n) is 2.70. The van der Waals surface area contributed by atoms with Crippen molar-refractivity contribution in [2.45, 2.75) is 0 Å². The Bertz CT molecular complexity index is 330. The summed E-state index contributed by atoms with van der Waals surface area (Å²) in [6.07, 6.45) is 0. The van der Waals surface area contributed by atoms with Crippen molar-refractivity contribution in [1.29, 1.82) is 5.26 Å². The Morgan fingerprint density at radius 1 is 1.36 bits per heavy atom. The summed E-state index contributed by atoms with van der Waals surface area (Å²) in [5.41, 5.74) is 0.0525. The van der Waals surface area contributed by atoms with Crippen LogP contribution in [0, 0.1) is 17.1 Å². The molecule has 4 heteroatoms. The van der Waals surface area contributed by atoms with Crippen LogP contribution < -0.4 is 0 Å². The molecule has 0 amide bonds. The van der Waals surface area contributed by atoms with Crippen molar-refractivity contribution in [3.8, 4) is 6.07 Å². The Morgan fingerprint density at radius 3 is 2.55 bits per heavy atom. The molecule has 0 N–H and O–H groups in total. The van der Waals surface area contributed by atoms with Crippen LogP contribution in [0.5, 0.6) is 0 Å². The maximum atomic E-state index is 12.7. The molecule has 0 heterocycles. The SMILES string of the molecule is N#Cc1cc(Cl)cc(F)c1Cl. The maximum Gasteiger partial charge on any atom is 0.144 e. The van der Waals surface area contributed by atoms with E-state index in [0.717, 1.165) is 6.07 Å². The third-order valence-electron chi connectivity index (χ3n) is 1.11. The van der Waals surface area contributed by atoms with Gasteiger partial charge in [-0.25, -0.2) is 4.39 Å². The van der Waals surface area contributed by atoms with Gasteiger partial charge < -0.3 is 0 Å². The van der Waals surface area contributed by atoms with E-state index < -0.39 is 5.82 Å². The first-order chi connectivity index (χ1) is 5.15. The molecular formula is C7H2Cl2FN. The Hall–Kier alpha value is -0.780. The number of nitrogens with zero attached hydrogens (tertiary/aromatic N) is 1. The van der Waals surface area contributed by atoms with E-state index in [1.54, 1.807) is 6.07 Å². The van der Waals surface area contributed by atoms with E-state index in [0.29, 0.717) is 0 Å². The second-order valence-corrected chi connectivity index (χ2v) is 2.68. The summed E-state index contributed by atoms with van der Waals surface area (Å²) in [4.78, 5) is 0. The summed E-state index contributed by atoms with van der Waals surface area (Å²) in [6, 6.07) is 4.09. The lowest BCUT2D eigenvalue weighted by Crippen LogP contribution is -1.82. The summed E-state index contributed by atoms with van der Waals surface area (Å²) >= 11 is 10.9. The monoisotopic (exact) mass is 189 g/mol. The molecule has 0 aromatic heterocycles. The Morgan fingerprint density at radius 2 is 2.00 bits per heavy atom. The van der Waals surface area contributed by atoms with E-state index in [-0.39, 0.29) is 15.6 Å². The molecule has 56 valence electrons. The number of hydrogen-bond donors (Lipinski definition) is 0. The van der Waals surface area contributed by atoms with Crippen molar-refractivity contribution in [2.75, 3.05) is 0 Å². The number of hydrogen-bond acceptors (Lipinski definition) is 1. The van der Waals surface area contributed by atoms with Gasteiger partial charge in [0, 0.05) is 5.02 Å². The highest BCUT2D eigenvalue weighted by molar-refractivity contribution is 6.34. The first-order valence-corrected chi connectivity index (χ1v) is 3.45. The van der Waals surface area contributed by atoms with Gasteiger partial charge in [0.1, 0.15) is 11.9 Å². The van der Waals surface area contributed by atoms with E-state index in [1.807, 2.05) is 0 Å². The number of halogens is 3. The predicted molar refractivity (Wildman–Crippen MR) is 41.1 cm³/mol. The van der Waals surface area contributed by atoms with Crippen molar-refractivity contribution in [1.82, 2.24) is 0 Å². The quantitative estimate of drug-likeness (QED) is 0.576. The molecule has 11 heavy (non-hydrogen) atoms. The second-order valence-electron chi connectivity index (χ2n) is 1.86. The predicted octanol–water partition coefficient (Wildman–Crippen LogP) is 3.00. The second kappa shape index (κ2) is 3.08. The van der Waals surface area contributed by atoms with Gasteiger partial charge >= 0.3 is 0 Å². The van der Waals surface area contributed by atoms with Gasteiger partial charge in [-0.3, -0.25) is 0 Å². The highest BCUT2D eigenvalue weighted by Gasteiger charge is 2.06. The molecule has 0 saturated heterocycles. The summed E-state index contributed by atoms with van der Waals surface area (Å²) < 4.78 is 12.7. The molecule has 0 radical (unpaired) electrons. The molecule has 0 aliphatic rings. The van der Waals surface area contributed by atoms with Gasteiger partial charge in [0.15, 0.2) is 0 Å². The van der Waals surface area contributed by atoms with Crippen LogP contribution in [0.25, 0.3) is 0 Å². The average molecular weight is 190 g/mol.